The molecule has 14 heavy (non-hydrogen) atoms. The monoisotopic (exact) mass is 194 g/mol. The summed E-state index contributed by atoms with van der Waals surface area (Å²) in [6.45, 7) is 1.85. The summed E-state index contributed by atoms with van der Waals surface area (Å²) >= 11 is 0. The van der Waals surface area contributed by atoms with E-state index in [1.807, 2.05) is 30.3 Å². The van der Waals surface area contributed by atoms with E-state index in [0.29, 0.717) is 19.8 Å². The summed E-state index contributed by atoms with van der Waals surface area (Å²) < 4.78 is 5.46. The van der Waals surface area contributed by atoms with E-state index < -0.39 is 0 Å². The average Bonchev–Trinajstić information content (AvgIpc) is 2.25. The molecule has 78 valence electrons. The summed E-state index contributed by atoms with van der Waals surface area (Å²) in [5.41, 5.74) is 12.2. The van der Waals surface area contributed by atoms with Gasteiger partial charge in [-0.05, 0) is 12.0 Å². The van der Waals surface area contributed by atoms with Crippen LogP contribution in [0.2, 0.25) is 0 Å². The lowest BCUT2D eigenvalue weighted by molar-refractivity contribution is 0.114. The van der Waals surface area contributed by atoms with Gasteiger partial charge in [0.2, 0.25) is 0 Å². The fourth-order valence-corrected chi connectivity index (χ4v) is 1.12. The molecule has 1 atom stereocenters. The smallest absolute Gasteiger partial charge is 0.0716 e. The molecule has 0 aliphatic heterocycles. The zero-order valence-electron chi connectivity index (χ0n) is 8.36. The van der Waals surface area contributed by atoms with Gasteiger partial charge in [-0.2, -0.15) is 0 Å². The van der Waals surface area contributed by atoms with Crippen molar-refractivity contribution in [2.75, 3.05) is 13.2 Å². The molecule has 0 bridgehead atoms. The Morgan fingerprint density at radius 3 is 2.57 bits per heavy atom. The Hall–Kier alpha value is -0.900. The zero-order chi connectivity index (χ0) is 10.2. The molecule has 0 radical (unpaired) electrons. The van der Waals surface area contributed by atoms with Gasteiger partial charge in [0.05, 0.1) is 6.61 Å². The minimum atomic E-state index is 0.0609. The van der Waals surface area contributed by atoms with Gasteiger partial charge in [0.25, 0.3) is 0 Å². The van der Waals surface area contributed by atoms with E-state index in [1.165, 1.54) is 5.56 Å². The van der Waals surface area contributed by atoms with Crippen molar-refractivity contribution in [1.29, 1.82) is 0 Å². The highest BCUT2D eigenvalue weighted by Gasteiger charge is 1.98. The standard InChI is InChI=1S/C11H18N2O/c12-8-11(13)6-7-14-9-10-4-2-1-3-5-10/h1-5,11H,6-9,12-13H2. The van der Waals surface area contributed by atoms with E-state index in [4.69, 9.17) is 16.2 Å². The first kappa shape index (κ1) is 11.2. The van der Waals surface area contributed by atoms with E-state index >= 15 is 0 Å². The van der Waals surface area contributed by atoms with Crippen LogP contribution in [0.25, 0.3) is 0 Å². The minimum absolute atomic E-state index is 0.0609. The molecule has 0 amide bonds. The SMILES string of the molecule is NCC(N)CCOCc1ccccc1. The van der Waals surface area contributed by atoms with E-state index in [-0.39, 0.29) is 6.04 Å². The van der Waals surface area contributed by atoms with E-state index in [9.17, 15) is 0 Å². The average molecular weight is 194 g/mol. The Morgan fingerprint density at radius 2 is 1.93 bits per heavy atom. The largest absolute Gasteiger partial charge is 0.377 e. The fourth-order valence-electron chi connectivity index (χ4n) is 1.12. The molecule has 0 saturated carbocycles. The van der Waals surface area contributed by atoms with Crippen molar-refractivity contribution in [3.63, 3.8) is 0 Å². The van der Waals surface area contributed by atoms with Gasteiger partial charge in [-0.25, -0.2) is 0 Å². The maximum absolute atomic E-state index is 5.65. The van der Waals surface area contributed by atoms with Crippen molar-refractivity contribution in [2.24, 2.45) is 11.5 Å². The molecule has 3 nitrogen and oxygen atoms in total. The topological polar surface area (TPSA) is 61.3 Å². The molecule has 4 N–H and O–H groups in total. The Labute approximate surface area is 85.0 Å². The summed E-state index contributed by atoms with van der Waals surface area (Å²) in [7, 11) is 0. The molecule has 0 aliphatic carbocycles. The second kappa shape index (κ2) is 6.54. The minimum Gasteiger partial charge on any atom is -0.377 e. The molecular weight excluding hydrogens is 176 g/mol. The molecule has 0 fully saturated rings. The Bertz CT molecular complexity index is 238. The molecule has 0 saturated heterocycles. The third-order valence-corrected chi connectivity index (χ3v) is 2.05. The zero-order valence-corrected chi connectivity index (χ0v) is 8.36. The van der Waals surface area contributed by atoms with Gasteiger partial charge in [-0.3, -0.25) is 0 Å². The predicted molar refractivity (Wildman–Crippen MR) is 57.7 cm³/mol. The molecule has 1 rings (SSSR count). The van der Waals surface area contributed by atoms with E-state index in [2.05, 4.69) is 0 Å². The Kier molecular flexibility index (Phi) is 5.22. The first-order chi connectivity index (χ1) is 6.83. The number of hydrogen-bond acceptors (Lipinski definition) is 3. The van der Waals surface area contributed by atoms with Gasteiger partial charge in [-0.15, -0.1) is 0 Å². The summed E-state index contributed by atoms with van der Waals surface area (Å²) in [4.78, 5) is 0. The van der Waals surface area contributed by atoms with Crippen LogP contribution in [0.5, 0.6) is 0 Å². The van der Waals surface area contributed by atoms with Crippen molar-refractivity contribution in [1.82, 2.24) is 0 Å². The van der Waals surface area contributed by atoms with Gasteiger partial charge in [-0.1, -0.05) is 30.3 Å². The van der Waals surface area contributed by atoms with Crippen molar-refractivity contribution in [3.05, 3.63) is 35.9 Å². The van der Waals surface area contributed by atoms with Crippen LogP contribution in [-0.4, -0.2) is 19.2 Å². The summed E-state index contributed by atoms with van der Waals surface area (Å²) in [6.07, 6.45) is 0.823. The van der Waals surface area contributed by atoms with Crippen LogP contribution in [-0.2, 0) is 11.3 Å². The number of rotatable bonds is 6. The van der Waals surface area contributed by atoms with Crippen LogP contribution in [0.1, 0.15) is 12.0 Å². The summed E-state index contributed by atoms with van der Waals surface area (Å²) in [5, 5.41) is 0. The van der Waals surface area contributed by atoms with E-state index in [1.54, 1.807) is 0 Å². The highest BCUT2D eigenvalue weighted by Crippen LogP contribution is 2.00. The normalized spacial score (nSPS) is 12.7. The van der Waals surface area contributed by atoms with Gasteiger partial charge in [0, 0.05) is 19.2 Å². The lowest BCUT2D eigenvalue weighted by atomic mass is 10.2. The molecule has 0 aromatic heterocycles. The van der Waals surface area contributed by atoms with Gasteiger partial charge >= 0.3 is 0 Å². The molecule has 1 aromatic carbocycles. The van der Waals surface area contributed by atoms with Crippen molar-refractivity contribution in [3.8, 4) is 0 Å². The van der Waals surface area contributed by atoms with Crippen molar-refractivity contribution in [2.45, 2.75) is 19.1 Å². The van der Waals surface area contributed by atoms with Gasteiger partial charge < -0.3 is 16.2 Å². The van der Waals surface area contributed by atoms with Crippen LogP contribution < -0.4 is 11.5 Å². The highest BCUT2D eigenvalue weighted by molar-refractivity contribution is 5.13. The maximum atomic E-state index is 5.65. The molecule has 3 heteroatoms. The first-order valence-corrected chi connectivity index (χ1v) is 4.90. The fraction of sp³-hybridized carbons (Fsp3) is 0.455. The lowest BCUT2D eigenvalue weighted by Gasteiger charge is -2.08. The summed E-state index contributed by atoms with van der Waals surface area (Å²) in [5.74, 6) is 0. The van der Waals surface area contributed by atoms with Gasteiger partial charge in [0.1, 0.15) is 0 Å². The number of nitrogens with two attached hydrogens (primary N) is 2. The van der Waals surface area contributed by atoms with Gasteiger partial charge in [0.15, 0.2) is 0 Å². The quantitative estimate of drug-likeness (QED) is 0.661. The Balaban J connectivity index is 2.10. The van der Waals surface area contributed by atoms with Crippen molar-refractivity contribution >= 4 is 0 Å². The van der Waals surface area contributed by atoms with Crippen LogP contribution in [0.3, 0.4) is 0 Å². The number of hydrogen-bond donors (Lipinski definition) is 2. The third kappa shape index (κ3) is 4.37. The Morgan fingerprint density at radius 1 is 1.21 bits per heavy atom. The second-order valence-corrected chi connectivity index (χ2v) is 3.32. The lowest BCUT2D eigenvalue weighted by Crippen LogP contribution is -2.30. The molecule has 1 aromatic rings. The van der Waals surface area contributed by atoms with E-state index in [0.717, 1.165) is 6.42 Å². The highest BCUT2D eigenvalue weighted by atomic mass is 16.5. The predicted octanol–water partition coefficient (Wildman–Crippen LogP) is 0.879. The van der Waals surface area contributed by atoms with Crippen LogP contribution >= 0.6 is 0 Å². The summed E-state index contributed by atoms with van der Waals surface area (Å²) in [6, 6.07) is 10.2. The molecule has 0 aliphatic rings. The van der Waals surface area contributed by atoms with Crippen molar-refractivity contribution < 1.29 is 4.74 Å². The molecule has 1 unspecified atom stereocenters. The van der Waals surface area contributed by atoms with Crippen LogP contribution in [0, 0.1) is 0 Å². The maximum Gasteiger partial charge on any atom is 0.0716 e. The number of ether oxygens (including phenoxy) is 1. The third-order valence-electron chi connectivity index (χ3n) is 2.05. The second-order valence-electron chi connectivity index (χ2n) is 3.32. The van der Waals surface area contributed by atoms with Crippen LogP contribution in [0.15, 0.2) is 30.3 Å². The molecule has 0 heterocycles. The molecule has 0 spiro atoms. The molecular formula is C11H18N2O. The van der Waals surface area contributed by atoms with Crippen LogP contribution in [0.4, 0.5) is 0 Å². The first-order valence-electron chi connectivity index (χ1n) is 4.90. The number of benzene rings is 1.